The largest absolute Gasteiger partial charge is 2.00 e. The standard InChI is InChI=1S/C32H27N3.Pt/c1-22-19-24(3)32(25(4)20-22)35(31-15-10-14-29(34-31)28-13-8-9-18-33-28)30-21-27(17-16-23(30)2)26-11-6-5-7-12-26;/h5-11,13-20H,1-4H3;/q-2;+2. The first-order valence-corrected chi connectivity index (χ1v) is 11.8. The van der Waals surface area contributed by atoms with Crippen molar-refractivity contribution in [3.63, 3.8) is 0 Å². The molecule has 0 bridgehead atoms. The van der Waals surface area contributed by atoms with Crippen molar-refractivity contribution in [1.29, 1.82) is 0 Å². The number of benzene rings is 3. The Balaban J connectivity index is 0.00000304. The molecule has 0 N–H and O–H groups in total. The number of hydrogen-bond donors (Lipinski definition) is 0. The van der Waals surface area contributed by atoms with Crippen LogP contribution in [0.15, 0.2) is 91.1 Å². The fraction of sp³-hybridized carbons (Fsp3) is 0.125. The third-order valence-corrected chi connectivity index (χ3v) is 6.10. The molecule has 0 spiro atoms. The summed E-state index contributed by atoms with van der Waals surface area (Å²) in [5, 5.41) is 0. The van der Waals surface area contributed by atoms with Crippen LogP contribution in [-0.4, -0.2) is 9.97 Å². The van der Waals surface area contributed by atoms with Gasteiger partial charge in [-0.3, -0.25) is 4.98 Å². The molecule has 5 rings (SSSR count). The van der Waals surface area contributed by atoms with Crippen molar-refractivity contribution in [3.8, 4) is 22.5 Å². The summed E-state index contributed by atoms with van der Waals surface area (Å²) in [6, 6.07) is 35.8. The molecule has 0 aliphatic rings. The van der Waals surface area contributed by atoms with E-state index in [4.69, 9.17) is 4.98 Å². The molecule has 0 aliphatic heterocycles. The Morgan fingerprint density at radius 2 is 1.44 bits per heavy atom. The molecule has 5 aromatic rings. The molecule has 3 aromatic carbocycles. The Morgan fingerprint density at radius 1 is 0.694 bits per heavy atom. The maximum absolute atomic E-state index is 5.08. The van der Waals surface area contributed by atoms with Crippen LogP contribution in [0.3, 0.4) is 0 Å². The molecule has 2 aromatic heterocycles. The first-order valence-electron chi connectivity index (χ1n) is 11.8. The second kappa shape index (κ2) is 11.0. The van der Waals surface area contributed by atoms with E-state index in [1.54, 1.807) is 6.20 Å². The Bertz CT molecular complexity index is 1460. The quantitative estimate of drug-likeness (QED) is 0.180. The predicted molar refractivity (Wildman–Crippen MR) is 144 cm³/mol. The van der Waals surface area contributed by atoms with Crippen LogP contribution in [0.4, 0.5) is 17.2 Å². The van der Waals surface area contributed by atoms with Gasteiger partial charge >= 0.3 is 21.1 Å². The monoisotopic (exact) mass is 648 g/mol. The normalized spacial score (nSPS) is 10.6. The third kappa shape index (κ3) is 5.17. The van der Waals surface area contributed by atoms with Gasteiger partial charge in [-0.25, -0.2) is 16.1 Å². The van der Waals surface area contributed by atoms with Crippen LogP contribution >= 0.6 is 0 Å². The van der Waals surface area contributed by atoms with E-state index < -0.39 is 0 Å². The van der Waals surface area contributed by atoms with Gasteiger partial charge in [0, 0.05) is 6.20 Å². The van der Waals surface area contributed by atoms with Crippen LogP contribution in [0.25, 0.3) is 22.5 Å². The summed E-state index contributed by atoms with van der Waals surface area (Å²) in [5.41, 5.74) is 10.5. The van der Waals surface area contributed by atoms with E-state index in [2.05, 4.69) is 86.1 Å². The van der Waals surface area contributed by atoms with E-state index in [-0.39, 0.29) is 21.1 Å². The minimum Gasteiger partial charge on any atom is -0.313 e. The van der Waals surface area contributed by atoms with Crippen LogP contribution < -0.4 is 4.90 Å². The second-order valence-corrected chi connectivity index (χ2v) is 8.86. The molecule has 0 unspecified atom stereocenters. The van der Waals surface area contributed by atoms with E-state index in [9.17, 15) is 0 Å². The zero-order valence-electron chi connectivity index (χ0n) is 20.8. The molecular weight excluding hydrogens is 621 g/mol. The molecule has 180 valence electrons. The average molecular weight is 649 g/mol. The van der Waals surface area contributed by atoms with Crippen molar-refractivity contribution in [3.05, 3.63) is 126 Å². The Kier molecular flexibility index (Phi) is 7.81. The fourth-order valence-electron chi connectivity index (χ4n) is 4.58. The zero-order valence-corrected chi connectivity index (χ0v) is 23.1. The Labute approximate surface area is 228 Å². The van der Waals surface area contributed by atoms with Crippen LogP contribution in [0.5, 0.6) is 0 Å². The summed E-state index contributed by atoms with van der Waals surface area (Å²) >= 11 is 0. The summed E-state index contributed by atoms with van der Waals surface area (Å²) in [7, 11) is 0. The van der Waals surface area contributed by atoms with Crippen molar-refractivity contribution in [1.82, 2.24) is 9.97 Å². The van der Waals surface area contributed by atoms with Crippen molar-refractivity contribution < 1.29 is 21.1 Å². The predicted octanol–water partition coefficient (Wildman–Crippen LogP) is 8.11. The number of hydrogen-bond acceptors (Lipinski definition) is 3. The topological polar surface area (TPSA) is 29.0 Å². The summed E-state index contributed by atoms with van der Waals surface area (Å²) < 4.78 is 0. The Morgan fingerprint density at radius 3 is 2.14 bits per heavy atom. The number of rotatable bonds is 5. The van der Waals surface area contributed by atoms with Crippen molar-refractivity contribution in [2.45, 2.75) is 27.7 Å². The molecule has 0 amide bonds. The second-order valence-electron chi connectivity index (χ2n) is 8.86. The van der Waals surface area contributed by atoms with E-state index in [1.807, 2.05) is 48.5 Å². The number of pyridine rings is 2. The number of aryl methyl sites for hydroxylation is 4. The summed E-state index contributed by atoms with van der Waals surface area (Å²) in [6.07, 6.45) is 1.80. The van der Waals surface area contributed by atoms with E-state index in [0.717, 1.165) is 45.3 Å². The van der Waals surface area contributed by atoms with Crippen LogP contribution in [-0.2, 0) is 21.1 Å². The molecule has 0 fully saturated rings. The summed E-state index contributed by atoms with van der Waals surface area (Å²) in [5.74, 6) is 0.830. The minimum atomic E-state index is 0. The van der Waals surface area contributed by atoms with Crippen molar-refractivity contribution in [2.75, 3.05) is 4.90 Å². The molecule has 0 saturated heterocycles. The van der Waals surface area contributed by atoms with Gasteiger partial charge < -0.3 is 4.90 Å². The number of aromatic nitrogens is 2. The minimum absolute atomic E-state index is 0. The zero-order chi connectivity index (χ0) is 24.4. The van der Waals surface area contributed by atoms with Crippen LogP contribution in [0.1, 0.15) is 22.3 Å². The van der Waals surface area contributed by atoms with Gasteiger partial charge in [-0.1, -0.05) is 36.8 Å². The number of nitrogens with zero attached hydrogens (tertiary/aromatic N) is 3. The van der Waals surface area contributed by atoms with Gasteiger partial charge in [-0.2, -0.15) is 36.4 Å². The maximum Gasteiger partial charge on any atom is 2.00 e. The fourth-order valence-corrected chi connectivity index (χ4v) is 4.58. The van der Waals surface area contributed by atoms with Crippen molar-refractivity contribution in [2.24, 2.45) is 0 Å². The van der Waals surface area contributed by atoms with Crippen LogP contribution in [0, 0.1) is 39.8 Å². The summed E-state index contributed by atoms with van der Waals surface area (Å²) in [4.78, 5) is 11.8. The van der Waals surface area contributed by atoms with Gasteiger partial charge in [0.05, 0.1) is 17.1 Å². The summed E-state index contributed by atoms with van der Waals surface area (Å²) in [6.45, 7) is 8.58. The van der Waals surface area contributed by atoms with E-state index in [1.165, 1.54) is 16.7 Å². The third-order valence-electron chi connectivity index (χ3n) is 6.10. The Hall–Kier alpha value is -3.55. The van der Waals surface area contributed by atoms with Gasteiger partial charge in [0.15, 0.2) is 0 Å². The molecule has 3 nitrogen and oxygen atoms in total. The smallest absolute Gasteiger partial charge is 0.313 e. The molecule has 36 heavy (non-hydrogen) atoms. The first-order chi connectivity index (χ1) is 17.0. The molecule has 0 aliphatic carbocycles. The SMILES string of the molecule is Cc1cc(C)c(N(c2cccc(-c3ccccn3)n2)c2[c-]c(-c3[c-]cccc3)ccc2C)c(C)c1.[Pt+2]. The molecule has 2 heterocycles. The van der Waals surface area contributed by atoms with Gasteiger partial charge in [-0.15, -0.1) is 17.7 Å². The molecule has 4 heteroatoms. The molecule has 0 saturated carbocycles. The van der Waals surface area contributed by atoms with E-state index >= 15 is 0 Å². The molecular formula is C32H27N3Pt. The van der Waals surface area contributed by atoms with E-state index in [0.29, 0.717) is 0 Å². The first kappa shape index (κ1) is 25.5. The van der Waals surface area contributed by atoms with Gasteiger partial charge in [-0.05, 0) is 61.9 Å². The maximum atomic E-state index is 5.08. The van der Waals surface area contributed by atoms with Crippen molar-refractivity contribution >= 4 is 17.2 Å². The average Bonchev–Trinajstić information content (AvgIpc) is 2.88. The number of anilines is 3. The van der Waals surface area contributed by atoms with Gasteiger partial charge in [0.25, 0.3) is 0 Å². The molecule has 0 radical (unpaired) electrons. The van der Waals surface area contributed by atoms with Gasteiger partial charge in [0.1, 0.15) is 5.82 Å². The van der Waals surface area contributed by atoms with Crippen LogP contribution in [0.2, 0.25) is 0 Å². The van der Waals surface area contributed by atoms with Gasteiger partial charge in [0.2, 0.25) is 0 Å². The molecule has 0 atom stereocenters.